The van der Waals surface area contributed by atoms with E-state index in [2.05, 4.69) is 5.32 Å². The molecule has 0 atom stereocenters. The molecule has 0 heterocycles. The van der Waals surface area contributed by atoms with Crippen molar-refractivity contribution in [2.24, 2.45) is 0 Å². The lowest BCUT2D eigenvalue weighted by molar-refractivity contribution is -0.115. The summed E-state index contributed by atoms with van der Waals surface area (Å²) in [5.41, 5.74) is 0.890. The molecule has 0 spiro atoms. The third-order valence-corrected chi connectivity index (χ3v) is 3.05. The molecule has 0 aliphatic rings. The van der Waals surface area contributed by atoms with E-state index in [1.54, 1.807) is 24.3 Å². The summed E-state index contributed by atoms with van der Waals surface area (Å²) >= 11 is 5.76. The Bertz CT molecular complexity index is 683. The van der Waals surface area contributed by atoms with E-state index in [9.17, 15) is 14.7 Å². The van der Waals surface area contributed by atoms with Crippen molar-refractivity contribution in [3.63, 3.8) is 0 Å². The van der Waals surface area contributed by atoms with E-state index < -0.39 is 5.97 Å². The van der Waals surface area contributed by atoms with E-state index in [1.807, 2.05) is 0 Å². The molecule has 108 valence electrons. The van der Waals surface area contributed by atoms with Crippen molar-refractivity contribution in [2.75, 3.05) is 5.32 Å². The number of rotatable bonds is 4. The van der Waals surface area contributed by atoms with Crippen LogP contribution >= 0.6 is 11.6 Å². The summed E-state index contributed by atoms with van der Waals surface area (Å²) in [5.74, 6) is -1.76. The number of carbonyl (C=O) groups excluding carboxylic acids is 1. The molecular formula is C15H12ClNO4. The zero-order chi connectivity index (χ0) is 15.4. The van der Waals surface area contributed by atoms with Gasteiger partial charge in [-0.15, -0.1) is 0 Å². The van der Waals surface area contributed by atoms with Gasteiger partial charge in [-0.2, -0.15) is 0 Å². The van der Waals surface area contributed by atoms with Crippen LogP contribution in [0.2, 0.25) is 5.02 Å². The molecule has 2 aromatic rings. The topological polar surface area (TPSA) is 86.6 Å². The lowest BCUT2D eigenvalue weighted by Crippen LogP contribution is -2.14. The number of aromatic carboxylic acids is 1. The summed E-state index contributed by atoms with van der Waals surface area (Å²) in [6.07, 6.45) is 0.122. The largest absolute Gasteiger partial charge is 0.506 e. The first-order valence-corrected chi connectivity index (χ1v) is 6.44. The van der Waals surface area contributed by atoms with Gasteiger partial charge >= 0.3 is 5.97 Å². The number of phenols is 1. The molecule has 3 N–H and O–H groups in total. The second-order valence-electron chi connectivity index (χ2n) is 4.39. The number of aromatic hydroxyl groups is 1. The van der Waals surface area contributed by atoms with Gasteiger partial charge in [0.15, 0.2) is 0 Å². The number of amides is 1. The molecule has 6 heteroatoms. The maximum absolute atomic E-state index is 11.9. The Morgan fingerprint density at radius 2 is 1.76 bits per heavy atom. The van der Waals surface area contributed by atoms with Gasteiger partial charge in [0.2, 0.25) is 5.91 Å². The number of halogens is 1. The Morgan fingerprint density at radius 1 is 1.10 bits per heavy atom. The molecule has 0 unspecified atom stereocenters. The second-order valence-corrected chi connectivity index (χ2v) is 4.82. The molecule has 0 saturated carbocycles. The highest BCUT2D eigenvalue weighted by Gasteiger charge is 2.10. The fraction of sp³-hybridized carbons (Fsp3) is 0.0667. The summed E-state index contributed by atoms with van der Waals surface area (Å²) < 4.78 is 0. The van der Waals surface area contributed by atoms with Crippen molar-refractivity contribution in [3.8, 4) is 5.75 Å². The molecule has 2 rings (SSSR count). The standard InChI is InChI=1S/C15H12ClNO4/c16-11-4-1-9(2-5-11)7-14(19)17-12-6-3-10(15(20)21)8-13(12)18/h1-6,8,18H,7H2,(H,17,19)(H,20,21). The van der Waals surface area contributed by atoms with Crippen molar-refractivity contribution in [2.45, 2.75) is 6.42 Å². The van der Waals surface area contributed by atoms with Gasteiger partial charge < -0.3 is 15.5 Å². The predicted molar refractivity (Wildman–Crippen MR) is 78.9 cm³/mol. The minimum absolute atomic E-state index is 0.0526. The highest BCUT2D eigenvalue weighted by Crippen LogP contribution is 2.24. The zero-order valence-corrected chi connectivity index (χ0v) is 11.6. The lowest BCUT2D eigenvalue weighted by Gasteiger charge is -2.08. The fourth-order valence-electron chi connectivity index (χ4n) is 1.75. The van der Waals surface area contributed by atoms with Gasteiger partial charge in [0, 0.05) is 5.02 Å². The first-order chi connectivity index (χ1) is 9.95. The molecule has 5 nitrogen and oxygen atoms in total. The second kappa shape index (κ2) is 6.28. The fourth-order valence-corrected chi connectivity index (χ4v) is 1.88. The van der Waals surface area contributed by atoms with Crippen molar-refractivity contribution in [3.05, 3.63) is 58.6 Å². The monoisotopic (exact) mass is 305 g/mol. The Hall–Kier alpha value is -2.53. The van der Waals surface area contributed by atoms with Crippen molar-refractivity contribution >= 4 is 29.2 Å². The number of carbonyl (C=O) groups is 2. The van der Waals surface area contributed by atoms with Crippen LogP contribution in [0.3, 0.4) is 0 Å². The van der Waals surface area contributed by atoms with E-state index in [4.69, 9.17) is 16.7 Å². The van der Waals surface area contributed by atoms with E-state index >= 15 is 0 Å². The van der Waals surface area contributed by atoms with Crippen LogP contribution in [0.25, 0.3) is 0 Å². The Labute approximate surface area is 125 Å². The minimum atomic E-state index is -1.15. The Kier molecular flexibility index (Phi) is 4.45. The SMILES string of the molecule is O=C(Cc1ccc(Cl)cc1)Nc1ccc(C(=O)O)cc1O. The van der Waals surface area contributed by atoms with Gasteiger partial charge in [0.1, 0.15) is 5.75 Å². The first-order valence-electron chi connectivity index (χ1n) is 6.06. The van der Waals surface area contributed by atoms with Crippen LogP contribution in [0.4, 0.5) is 5.69 Å². The smallest absolute Gasteiger partial charge is 0.335 e. The molecule has 2 aromatic carbocycles. The quantitative estimate of drug-likeness (QED) is 0.758. The minimum Gasteiger partial charge on any atom is -0.506 e. The highest BCUT2D eigenvalue weighted by atomic mass is 35.5. The van der Waals surface area contributed by atoms with Gasteiger partial charge in [-0.25, -0.2) is 4.79 Å². The van der Waals surface area contributed by atoms with Crippen molar-refractivity contribution in [1.29, 1.82) is 0 Å². The van der Waals surface area contributed by atoms with Crippen LogP contribution in [0.1, 0.15) is 15.9 Å². The van der Waals surface area contributed by atoms with Gasteiger partial charge in [-0.3, -0.25) is 4.79 Å². The van der Waals surface area contributed by atoms with Gasteiger partial charge in [0.05, 0.1) is 17.7 Å². The number of hydrogen-bond acceptors (Lipinski definition) is 3. The Balaban J connectivity index is 2.06. The molecule has 0 aliphatic carbocycles. The van der Waals surface area contributed by atoms with Crippen molar-refractivity contribution in [1.82, 2.24) is 0 Å². The maximum Gasteiger partial charge on any atom is 0.335 e. The number of carboxylic acid groups (broad SMARTS) is 1. The number of anilines is 1. The summed E-state index contributed by atoms with van der Waals surface area (Å²) in [4.78, 5) is 22.6. The normalized spacial score (nSPS) is 10.1. The van der Waals surface area contributed by atoms with E-state index in [1.165, 1.54) is 12.1 Å². The van der Waals surface area contributed by atoms with Crippen LogP contribution in [0, 0.1) is 0 Å². The van der Waals surface area contributed by atoms with Gasteiger partial charge in [-0.05, 0) is 35.9 Å². The molecule has 21 heavy (non-hydrogen) atoms. The van der Waals surface area contributed by atoms with E-state index in [-0.39, 0.29) is 29.3 Å². The molecular weight excluding hydrogens is 294 g/mol. The number of hydrogen-bond donors (Lipinski definition) is 3. The predicted octanol–water partition coefficient (Wildman–Crippen LogP) is 2.93. The summed E-state index contributed by atoms with van der Waals surface area (Å²) in [5, 5.41) is 21.6. The molecule has 0 fully saturated rings. The van der Waals surface area contributed by atoms with Crippen LogP contribution in [0.15, 0.2) is 42.5 Å². The zero-order valence-electron chi connectivity index (χ0n) is 10.8. The molecule has 0 aromatic heterocycles. The molecule has 0 bridgehead atoms. The number of phenolic OH excluding ortho intramolecular Hbond substituents is 1. The molecule has 1 amide bonds. The third-order valence-electron chi connectivity index (χ3n) is 2.80. The molecule has 0 saturated heterocycles. The van der Waals surface area contributed by atoms with Crippen molar-refractivity contribution < 1.29 is 19.8 Å². The first kappa shape index (κ1) is 14.9. The van der Waals surface area contributed by atoms with Crippen LogP contribution in [-0.4, -0.2) is 22.1 Å². The van der Waals surface area contributed by atoms with Crippen LogP contribution in [-0.2, 0) is 11.2 Å². The average molecular weight is 306 g/mol. The third kappa shape index (κ3) is 3.97. The maximum atomic E-state index is 11.9. The van der Waals surface area contributed by atoms with E-state index in [0.29, 0.717) is 5.02 Å². The highest BCUT2D eigenvalue weighted by molar-refractivity contribution is 6.30. The molecule has 0 radical (unpaired) electrons. The number of nitrogens with one attached hydrogen (secondary N) is 1. The lowest BCUT2D eigenvalue weighted by atomic mass is 10.1. The van der Waals surface area contributed by atoms with Gasteiger partial charge in [-0.1, -0.05) is 23.7 Å². The molecule has 0 aliphatic heterocycles. The van der Waals surface area contributed by atoms with Crippen LogP contribution < -0.4 is 5.32 Å². The Morgan fingerprint density at radius 3 is 2.33 bits per heavy atom. The summed E-state index contributed by atoms with van der Waals surface area (Å²) in [6, 6.07) is 10.6. The summed E-state index contributed by atoms with van der Waals surface area (Å²) in [6.45, 7) is 0. The number of benzene rings is 2. The van der Waals surface area contributed by atoms with E-state index in [0.717, 1.165) is 11.6 Å². The van der Waals surface area contributed by atoms with Crippen LogP contribution in [0.5, 0.6) is 5.75 Å². The summed E-state index contributed by atoms with van der Waals surface area (Å²) in [7, 11) is 0. The number of carboxylic acids is 1. The average Bonchev–Trinajstić information content (AvgIpc) is 2.43. The van der Waals surface area contributed by atoms with Gasteiger partial charge in [0.25, 0.3) is 0 Å².